The Kier molecular flexibility index (Phi) is 9.52. The van der Waals surface area contributed by atoms with Crippen LogP contribution in [0, 0.1) is 5.82 Å². The summed E-state index contributed by atoms with van der Waals surface area (Å²) in [4.78, 5) is 14.3. The van der Waals surface area contributed by atoms with Gasteiger partial charge in [-0.05, 0) is 74.3 Å². The number of aromatic hydroxyl groups is 2. The van der Waals surface area contributed by atoms with Crippen molar-refractivity contribution in [1.29, 1.82) is 0 Å². The number of nitrogens with zero attached hydrogens (tertiary/aromatic N) is 1. The molecule has 1 heterocycles. The largest absolute Gasteiger partial charge is 0.508 e. The third-order valence-electron chi connectivity index (χ3n) is 4.86. The highest BCUT2D eigenvalue weighted by Gasteiger charge is 2.23. The highest BCUT2D eigenvalue weighted by molar-refractivity contribution is 5.94. The fraction of sp³-hybridized carbons (Fsp3) is 0.350. The minimum Gasteiger partial charge on any atom is -0.508 e. The first-order valence-corrected chi connectivity index (χ1v) is 8.81. The number of piperidine rings is 1. The number of hydrogen-bond donors (Lipinski definition) is 3. The molecule has 0 aromatic heterocycles. The predicted molar refractivity (Wildman–Crippen MR) is 111 cm³/mol. The monoisotopic (exact) mass is 430 g/mol. The predicted octanol–water partition coefficient (Wildman–Crippen LogP) is 3.69. The number of carbonyl (C=O) groups is 1. The second-order valence-corrected chi connectivity index (χ2v) is 6.62. The Bertz CT molecular complexity index is 767. The number of likely N-dealkylation sites (tertiary alicyclic amines) is 1. The van der Waals surface area contributed by atoms with Gasteiger partial charge in [-0.3, -0.25) is 4.79 Å². The smallest absolute Gasteiger partial charge is 0.251 e. The number of halogens is 3. The summed E-state index contributed by atoms with van der Waals surface area (Å²) in [5.41, 5.74) is 1.25. The second kappa shape index (κ2) is 11.1. The van der Waals surface area contributed by atoms with Crippen LogP contribution in [0.15, 0.2) is 42.5 Å². The lowest BCUT2D eigenvalue weighted by molar-refractivity contribution is 0.0945. The second-order valence-electron chi connectivity index (χ2n) is 6.62. The van der Waals surface area contributed by atoms with Crippen molar-refractivity contribution in [3.8, 4) is 11.5 Å². The van der Waals surface area contributed by atoms with Crippen molar-refractivity contribution in [2.24, 2.45) is 0 Å². The molecule has 0 spiro atoms. The molecule has 0 unspecified atom stereocenters. The Morgan fingerprint density at radius 3 is 2.36 bits per heavy atom. The van der Waals surface area contributed by atoms with Gasteiger partial charge in [-0.2, -0.15) is 0 Å². The minimum absolute atomic E-state index is 0. The Hall–Kier alpha value is -2.02. The van der Waals surface area contributed by atoms with Gasteiger partial charge in [-0.1, -0.05) is 0 Å². The average Bonchev–Trinajstić information content (AvgIpc) is 2.65. The van der Waals surface area contributed by atoms with Crippen LogP contribution in [0.4, 0.5) is 4.39 Å². The summed E-state index contributed by atoms with van der Waals surface area (Å²) in [6.45, 7) is 3.00. The molecular weight excluding hydrogens is 406 g/mol. The molecule has 1 aliphatic rings. The van der Waals surface area contributed by atoms with Gasteiger partial charge in [0.25, 0.3) is 5.91 Å². The van der Waals surface area contributed by atoms with Crippen LogP contribution in [0.5, 0.6) is 11.5 Å². The lowest BCUT2D eigenvalue weighted by Crippen LogP contribution is -2.39. The Labute approximate surface area is 176 Å². The molecule has 3 N–H and O–H groups in total. The molecule has 0 aliphatic carbocycles. The number of amides is 1. The standard InChI is InChI=1S/C20H23FN2O3.2ClH/c21-16-3-1-15(2-4-16)20(26)22-9-12-23-10-7-14(8-11-23)18-13-17(24)5-6-19(18)25;;/h1-6,13-14,24-25H,7-12H2,(H,22,26);2*1H. The number of phenols is 2. The summed E-state index contributed by atoms with van der Waals surface area (Å²) < 4.78 is 12.9. The molecule has 0 radical (unpaired) electrons. The van der Waals surface area contributed by atoms with Crippen LogP contribution in [0.25, 0.3) is 0 Å². The Morgan fingerprint density at radius 2 is 1.71 bits per heavy atom. The van der Waals surface area contributed by atoms with E-state index in [1.807, 2.05) is 0 Å². The van der Waals surface area contributed by atoms with E-state index in [2.05, 4.69) is 10.2 Å². The maximum atomic E-state index is 12.9. The summed E-state index contributed by atoms with van der Waals surface area (Å²) in [6.07, 6.45) is 1.78. The first-order valence-electron chi connectivity index (χ1n) is 8.81. The molecule has 2 aromatic carbocycles. The number of rotatable bonds is 5. The van der Waals surface area contributed by atoms with Crippen LogP contribution in [0.3, 0.4) is 0 Å². The maximum Gasteiger partial charge on any atom is 0.251 e. The van der Waals surface area contributed by atoms with Crippen LogP contribution in [-0.4, -0.2) is 47.2 Å². The van der Waals surface area contributed by atoms with Gasteiger partial charge in [0, 0.05) is 24.2 Å². The van der Waals surface area contributed by atoms with Gasteiger partial charge in [0.05, 0.1) is 0 Å². The highest BCUT2D eigenvalue weighted by atomic mass is 35.5. The number of carbonyl (C=O) groups excluding carboxylic acids is 1. The van der Waals surface area contributed by atoms with Gasteiger partial charge in [0.1, 0.15) is 17.3 Å². The molecule has 1 aliphatic heterocycles. The molecule has 8 heteroatoms. The molecule has 5 nitrogen and oxygen atoms in total. The third kappa shape index (κ3) is 6.26. The topological polar surface area (TPSA) is 72.8 Å². The van der Waals surface area contributed by atoms with Crippen molar-refractivity contribution < 1.29 is 19.4 Å². The normalized spacial score (nSPS) is 14.6. The maximum absolute atomic E-state index is 12.9. The van der Waals surface area contributed by atoms with E-state index in [0.29, 0.717) is 12.1 Å². The highest BCUT2D eigenvalue weighted by Crippen LogP contribution is 2.35. The van der Waals surface area contributed by atoms with E-state index in [4.69, 9.17) is 0 Å². The van der Waals surface area contributed by atoms with Crippen LogP contribution in [0.1, 0.15) is 34.7 Å². The van der Waals surface area contributed by atoms with Crippen molar-refractivity contribution in [1.82, 2.24) is 10.2 Å². The lowest BCUT2D eigenvalue weighted by atomic mass is 9.88. The summed E-state index contributed by atoms with van der Waals surface area (Å²) in [6, 6.07) is 10.1. The van der Waals surface area contributed by atoms with Crippen molar-refractivity contribution in [3.05, 3.63) is 59.4 Å². The molecule has 0 bridgehead atoms. The first kappa shape index (κ1) is 24.0. The zero-order valence-electron chi connectivity index (χ0n) is 15.3. The van der Waals surface area contributed by atoms with E-state index < -0.39 is 0 Å². The van der Waals surface area contributed by atoms with Crippen LogP contribution in [-0.2, 0) is 0 Å². The van der Waals surface area contributed by atoms with Crippen LogP contribution < -0.4 is 5.32 Å². The van der Waals surface area contributed by atoms with Crippen molar-refractivity contribution in [3.63, 3.8) is 0 Å². The lowest BCUT2D eigenvalue weighted by Gasteiger charge is -2.32. The molecule has 154 valence electrons. The fourth-order valence-corrected chi connectivity index (χ4v) is 3.37. The summed E-state index contributed by atoms with van der Waals surface area (Å²) in [5, 5.41) is 22.4. The quantitative estimate of drug-likeness (QED) is 0.632. The summed E-state index contributed by atoms with van der Waals surface area (Å²) >= 11 is 0. The van der Waals surface area contributed by atoms with Gasteiger partial charge >= 0.3 is 0 Å². The number of nitrogens with one attached hydrogen (secondary N) is 1. The Morgan fingerprint density at radius 1 is 1.07 bits per heavy atom. The van der Waals surface area contributed by atoms with E-state index >= 15 is 0 Å². The van der Waals surface area contributed by atoms with E-state index in [1.165, 1.54) is 36.4 Å². The minimum atomic E-state index is -0.359. The molecule has 28 heavy (non-hydrogen) atoms. The van der Waals surface area contributed by atoms with Gasteiger partial charge in [0.15, 0.2) is 0 Å². The van der Waals surface area contributed by atoms with Crippen molar-refractivity contribution in [2.75, 3.05) is 26.2 Å². The van der Waals surface area contributed by atoms with Gasteiger partial charge in [-0.15, -0.1) is 24.8 Å². The zero-order valence-corrected chi connectivity index (χ0v) is 16.9. The van der Waals surface area contributed by atoms with Crippen LogP contribution >= 0.6 is 24.8 Å². The summed E-state index contributed by atoms with van der Waals surface area (Å²) in [5.74, 6) is 0.0652. The van der Waals surface area contributed by atoms with Gasteiger partial charge < -0.3 is 20.4 Å². The first-order chi connectivity index (χ1) is 12.5. The molecule has 3 rings (SSSR count). The van der Waals surface area contributed by atoms with E-state index in [0.717, 1.165) is 38.0 Å². The van der Waals surface area contributed by atoms with Gasteiger partial charge in [-0.25, -0.2) is 4.39 Å². The molecule has 2 aromatic rings. The third-order valence-corrected chi connectivity index (χ3v) is 4.86. The number of benzene rings is 2. The molecular formula is C20H25Cl2FN2O3. The average molecular weight is 431 g/mol. The molecule has 1 fully saturated rings. The Balaban J connectivity index is 0.00000196. The molecule has 0 saturated carbocycles. The number of phenolic OH excluding ortho intramolecular Hbond substituents is 2. The SMILES string of the molecule is Cl.Cl.O=C(NCCN1CCC(c2cc(O)ccc2O)CC1)c1ccc(F)cc1. The van der Waals surface area contributed by atoms with Crippen LogP contribution in [0.2, 0.25) is 0 Å². The van der Waals surface area contributed by atoms with E-state index in [-0.39, 0.29) is 54.0 Å². The molecule has 1 amide bonds. The number of hydrogen-bond acceptors (Lipinski definition) is 4. The summed E-state index contributed by atoms with van der Waals surface area (Å²) in [7, 11) is 0. The zero-order chi connectivity index (χ0) is 18.5. The van der Waals surface area contributed by atoms with Crippen molar-refractivity contribution in [2.45, 2.75) is 18.8 Å². The molecule has 1 saturated heterocycles. The van der Waals surface area contributed by atoms with E-state index in [9.17, 15) is 19.4 Å². The van der Waals surface area contributed by atoms with E-state index in [1.54, 1.807) is 6.07 Å². The van der Waals surface area contributed by atoms with Crippen molar-refractivity contribution >= 4 is 30.7 Å². The van der Waals surface area contributed by atoms with Gasteiger partial charge in [0.2, 0.25) is 0 Å². The molecule has 0 atom stereocenters. The fourth-order valence-electron chi connectivity index (χ4n) is 3.37.